The summed E-state index contributed by atoms with van der Waals surface area (Å²) in [5.74, 6) is -1.05. The molecule has 2 aromatic carbocycles. The number of rotatable bonds is 16. The van der Waals surface area contributed by atoms with Crippen molar-refractivity contribution in [2.75, 3.05) is 6.61 Å². The highest BCUT2D eigenvalue weighted by Crippen LogP contribution is 2.30. The molecule has 2 heterocycles. The monoisotopic (exact) mass is 720 g/mol. The number of ether oxygens (including phenoxy) is 1. The Labute approximate surface area is 310 Å². The van der Waals surface area contributed by atoms with Gasteiger partial charge in [0, 0.05) is 40.5 Å². The standard InChI is InChI=1S/C42H48N4O5S/c1-5-6-7-8-9-23-51-34-19-17-29(18-20-34)32-26-43-38(44-27-32)30-15-13-28(14-16-30)24-35(39(47)45-33-12-10-11-31(25-33)41(49)50)46-40(48)36-21-22-37(52-36)42(2,3)4/h10,12-22,25-27,31,35H,5-9,11,23-24H2,1-4H3,(H,45,47)(H,46,48)(H,49,50). The fourth-order valence-corrected chi connectivity index (χ4v) is 6.73. The average molecular weight is 721 g/mol. The number of carboxylic acids is 1. The van der Waals surface area contributed by atoms with Crippen molar-refractivity contribution in [3.05, 3.63) is 112 Å². The summed E-state index contributed by atoms with van der Waals surface area (Å²) in [7, 11) is 0. The summed E-state index contributed by atoms with van der Waals surface area (Å²) in [5.41, 5.74) is 3.81. The van der Waals surface area contributed by atoms with Crippen molar-refractivity contribution in [1.82, 2.24) is 20.6 Å². The molecule has 2 atom stereocenters. The van der Waals surface area contributed by atoms with E-state index in [9.17, 15) is 19.5 Å². The molecule has 0 spiro atoms. The summed E-state index contributed by atoms with van der Waals surface area (Å²) >= 11 is 1.40. The van der Waals surface area contributed by atoms with Gasteiger partial charge in [-0.2, -0.15) is 0 Å². The van der Waals surface area contributed by atoms with E-state index in [2.05, 4.69) is 48.3 Å². The quantitative estimate of drug-likeness (QED) is 0.0990. The number of benzene rings is 2. The first-order chi connectivity index (χ1) is 25.0. The molecule has 0 bridgehead atoms. The van der Waals surface area contributed by atoms with E-state index >= 15 is 0 Å². The van der Waals surface area contributed by atoms with Gasteiger partial charge < -0.3 is 20.5 Å². The van der Waals surface area contributed by atoms with Crippen LogP contribution in [-0.4, -0.2) is 45.5 Å². The second kappa shape index (κ2) is 17.9. The van der Waals surface area contributed by atoms with Gasteiger partial charge in [0.05, 0.1) is 17.4 Å². The molecule has 10 heteroatoms. The lowest BCUT2D eigenvalue weighted by atomic mass is 9.95. The van der Waals surface area contributed by atoms with Gasteiger partial charge in [0.25, 0.3) is 5.91 Å². The van der Waals surface area contributed by atoms with Gasteiger partial charge in [-0.25, -0.2) is 9.97 Å². The lowest BCUT2D eigenvalue weighted by molar-refractivity contribution is -0.140. The molecule has 1 aliphatic carbocycles. The predicted octanol–water partition coefficient (Wildman–Crippen LogP) is 8.52. The Balaban J connectivity index is 1.24. The maximum Gasteiger partial charge on any atom is 0.310 e. The Bertz CT molecular complexity index is 1870. The molecule has 2 amide bonds. The zero-order valence-corrected chi connectivity index (χ0v) is 31.2. The molecule has 1 aliphatic rings. The van der Waals surface area contributed by atoms with Gasteiger partial charge in [0.15, 0.2) is 5.82 Å². The molecule has 2 unspecified atom stereocenters. The normalized spacial score (nSPS) is 14.7. The third kappa shape index (κ3) is 10.7. The zero-order valence-electron chi connectivity index (χ0n) is 30.4. The third-order valence-electron chi connectivity index (χ3n) is 8.85. The molecule has 0 fully saturated rings. The summed E-state index contributed by atoms with van der Waals surface area (Å²) in [6, 6.07) is 18.4. The van der Waals surface area contributed by atoms with Crippen LogP contribution in [0.2, 0.25) is 0 Å². The van der Waals surface area contributed by atoms with E-state index in [-0.39, 0.29) is 17.7 Å². The Morgan fingerprint density at radius 2 is 1.60 bits per heavy atom. The van der Waals surface area contributed by atoms with Gasteiger partial charge in [-0.3, -0.25) is 14.4 Å². The molecule has 52 heavy (non-hydrogen) atoms. The highest BCUT2D eigenvalue weighted by molar-refractivity contribution is 7.14. The van der Waals surface area contributed by atoms with Crippen LogP contribution < -0.4 is 15.4 Å². The van der Waals surface area contributed by atoms with Gasteiger partial charge in [0.1, 0.15) is 11.8 Å². The van der Waals surface area contributed by atoms with E-state index in [0.717, 1.165) is 45.9 Å². The predicted molar refractivity (Wildman–Crippen MR) is 206 cm³/mol. The summed E-state index contributed by atoms with van der Waals surface area (Å²) in [5, 5.41) is 15.2. The van der Waals surface area contributed by atoms with Crippen molar-refractivity contribution in [1.29, 1.82) is 0 Å². The molecule has 0 aliphatic heterocycles. The number of nitrogens with one attached hydrogen (secondary N) is 2. The number of unbranched alkanes of at least 4 members (excludes halogenated alkanes) is 4. The van der Waals surface area contributed by atoms with E-state index in [1.165, 1.54) is 43.1 Å². The first-order valence-corrected chi connectivity index (χ1v) is 18.8. The van der Waals surface area contributed by atoms with E-state index in [4.69, 9.17) is 4.74 Å². The smallest absolute Gasteiger partial charge is 0.310 e. The molecule has 0 saturated carbocycles. The zero-order chi connectivity index (χ0) is 37.1. The first kappa shape index (κ1) is 38.1. The van der Waals surface area contributed by atoms with Crippen LogP contribution in [0.5, 0.6) is 5.75 Å². The number of hydrogen-bond acceptors (Lipinski definition) is 7. The molecular formula is C42H48N4O5S. The van der Waals surface area contributed by atoms with E-state index < -0.39 is 23.8 Å². The van der Waals surface area contributed by atoms with Crippen LogP contribution in [0, 0.1) is 5.92 Å². The number of aromatic nitrogens is 2. The van der Waals surface area contributed by atoms with Gasteiger partial charge in [0.2, 0.25) is 5.91 Å². The highest BCUT2D eigenvalue weighted by atomic mass is 32.1. The number of nitrogens with zero attached hydrogens (tertiary/aromatic N) is 2. The minimum absolute atomic E-state index is 0.111. The molecule has 2 aromatic heterocycles. The van der Waals surface area contributed by atoms with Crippen molar-refractivity contribution in [2.45, 2.75) is 84.1 Å². The minimum Gasteiger partial charge on any atom is -0.494 e. The largest absolute Gasteiger partial charge is 0.494 e. The Morgan fingerprint density at radius 1 is 0.904 bits per heavy atom. The number of carboxylic acid groups (broad SMARTS) is 1. The van der Waals surface area contributed by atoms with Gasteiger partial charge in [-0.05, 0) is 65.8 Å². The molecular weight excluding hydrogens is 673 g/mol. The molecule has 9 nitrogen and oxygen atoms in total. The second-order valence-electron chi connectivity index (χ2n) is 14.1. The van der Waals surface area contributed by atoms with Gasteiger partial charge in [-0.15, -0.1) is 11.3 Å². The van der Waals surface area contributed by atoms with Crippen LogP contribution in [0.15, 0.2) is 97.0 Å². The van der Waals surface area contributed by atoms with Crippen LogP contribution in [0.4, 0.5) is 0 Å². The van der Waals surface area contributed by atoms with E-state index in [1.54, 1.807) is 30.6 Å². The molecule has 0 saturated heterocycles. The number of carbonyl (C=O) groups is 3. The summed E-state index contributed by atoms with van der Waals surface area (Å²) in [6.07, 6.45) is 15.1. The Kier molecular flexibility index (Phi) is 13.1. The lowest BCUT2D eigenvalue weighted by Gasteiger charge is -2.20. The van der Waals surface area contributed by atoms with Crippen molar-refractivity contribution >= 4 is 29.1 Å². The summed E-state index contributed by atoms with van der Waals surface area (Å²) in [4.78, 5) is 49.3. The number of amides is 2. The summed E-state index contributed by atoms with van der Waals surface area (Å²) < 4.78 is 5.90. The molecule has 272 valence electrons. The molecule has 0 radical (unpaired) electrons. The maximum absolute atomic E-state index is 13.6. The molecule has 4 aromatic rings. The van der Waals surface area contributed by atoms with Crippen LogP contribution in [-0.2, 0) is 21.4 Å². The molecule has 3 N–H and O–H groups in total. The second-order valence-corrected chi connectivity index (χ2v) is 15.2. The van der Waals surface area contributed by atoms with Gasteiger partial charge >= 0.3 is 5.97 Å². The van der Waals surface area contributed by atoms with Crippen LogP contribution >= 0.6 is 11.3 Å². The van der Waals surface area contributed by atoms with Crippen molar-refractivity contribution in [3.63, 3.8) is 0 Å². The van der Waals surface area contributed by atoms with E-state index in [1.807, 2.05) is 54.6 Å². The first-order valence-electron chi connectivity index (χ1n) is 18.0. The average Bonchev–Trinajstić information content (AvgIpc) is 3.66. The van der Waals surface area contributed by atoms with Crippen LogP contribution in [0.1, 0.15) is 86.3 Å². The van der Waals surface area contributed by atoms with Gasteiger partial charge in [-0.1, -0.05) is 95.9 Å². The number of hydrogen-bond donors (Lipinski definition) is 3. The number of allylic oxidation sites excluding steroid dienone is 2. The van der Waals surface area contributed by atoms with Crippen molar-refractivity contribution in [2.24, 2.45) is 5.92 Å². The minimum atomic E-state index is -0.963. The Morgan fingerprint density at radius 3 is 2.25 bits per heavy atom. The summed E-state index contributed by atoms with van der Waals surface area (Å²) in [6.45, 7) is 9.19. The van der Waals surface area contributed by atoms with Crippen LogP contribution in [0.3, 0.4) is 0 Å². The topological polar surface area (TPSA) is 131 Å². The fourth-order valence-electron chi connectivity index (χ4n) is 5.76. The van der Waals surface area contributed by atoms with Crippen molar-refractivity contribution in [3.8, 4) is 28.3 Å². The fraction of sp³-hybridized carbons (Fsp3) is 0.357. The highest BCUT2D eigenvalue weighted by Gasteiger charge is 2.26. The lowest BCUT2D eigenvalue weighted by Crippen LogP contribution is -2.47. The Hall–Kier alpha value is -5.09. The van der Waals surface area contributed by atoms with Crippen LogP contribution in [0.25, 0.3) is 22.5 Å². The number of thiophene rings is 1. The number of aliphatic carboxylic acids is 1. The third-order valence-corrected chi connectivity index (χ3v) is 10.4. The SMILES string of the molecule is CCCCCCCOc1ccc(-c2cnc(-c3ccc(CC(NC(=O)c4ccc(C(C)(C)C)s4)C(=O)NC4=CC(C(=O)O)CC=C4)cc3)nc2)cc1. The maximum atomic E-state index is 13.6. The van der Waals surface area contributed by atoms with Crippen molar-refractivity contribution < 1.29 is 24.2 Å². The molecule has 5 rings (SSSR count). The number of carbonyl (C=O) groups excluding carboxylic acids is 2. The van der Waals surface area contributed by atoms with E-state index in [0.29, 0.717) is 22.8 Å².